The highest BCUT2D eigenvalue weighted by Crippen LogP contribution is 2.35. The molecule has 1 atom stereocenters. The summed E-state index contributed by atoms with van der Waals surface area (Å²) in [4.78, 5) is 1.04. The Morgan fingerprint density at radius 3 is 2.56 bits per heavy atom. The topological polar surface area (TPSA) is 33.0 Å². The number of hydrogen-bond donors (Lipinski definition) is 0. The molecule has 0 saturated carbocycles. The summed E-state index contributed by atoms with van der Waals surface area (Å²) in [6, 6.07) is 8.36. The van der Waals surface area contributed by atoms with E-state index in [1.165, 1.54) is 5.56 Å². The molecule has 0 bridgehead atoms. The van der Waals surface area contributed by atoms with E-state index in [1.54, 1.807) is 18.9 Å². The summed E-state index contributed by atoms with van der Waals surface area (Å²) in [6.07, 6.45) is 0. The Morgan fingerprint density at radius 1 is 1.38 bits per heavy atom. The highest BCUT2D eigenvalue weighted by molar-refractivity contribution is 8.00. The molecule has 1 aromatic rings. The van der Waals surface area contributed by atoms with Gasteiger partial charge in [-0.25, -0.2) is 0 Å². The molecule has 0 aliphatic heterocycles. The Labute approximate surface area is 102 Å². The van der Waals surface area contributed by atoms with Crippen LogP contribution in [0.2, 0.25) is 0 Å². The van der Waals surface area contributed by atoms with Gasteiger partial charge in [-0.05, 0) is 30.5 Å². The van der Waals surface area contributed by atoms with Crippen LogP contribution < -0.4 is 4.74 Å². The second-order valence-electron chi connectivity index (χ2n) is 4.07. The number of methoxy groups -OCH3 is 1. The van der Waals surface area contributed by atoms with E-state index in [1.807, 2.05) is 19.1 Å². The molecule has 0 radical (unpaired) electrons. The summed E-state index contributed by atoms with van der Waals surface area (Å²) in [5, 5.41) is 9.05. The van der Waals surface area contributed by atoms with Gasteiger partial charge in [-0.3, -0.25) is 0 Å². The molecule has 1 unspecified atom stereocenters. The molecular formula is C13H17NOS. The first-order valence-corrected chi connectivity index (χ1v) is 6.17. The van der Waals surface area contributed by atoms with Crippen molar-refractivity contribution in [2.75, 3.05) is 7.11 Å². The number of nitriles is 1. The van der Waals surface area contributed by atoms with E-state index in [2.05, 4.69) is 26.0 Å². The van der Waals surface area contributed by atoms with E-state index in [-0.39, 0.29) is 5.25 Å². The Hall–Kier alpha value is -1.14. The van der Waals surface area contributed by atoms with Crippen molar-refractivity contribution in [3.8, 4) is 11.8 Å². The zero-order chi connectivity index (χ0) is 12.1. The fraction of sp³-hybridized carbons (Fsp3) is 0.462. The second-order valence-corrected chi connectivity index (χ2v) is 5.25. The maximum absolute atomic E-state index is 9.08. The van der Waals surface area contributed by atoms with Gasteiger partial charge in [-0.1, -0.05) is 19.9 Å². The average Bonchev–Trinajstić information content (AvgIpc) is 2.25. The number of ether oxygens (including phenoxy) is 1. The van der Waals surface area contributed by atoms with E-state index in [0.717, 1.165) is 10.6 Å². The summed E-state index contributed by atoms with van der Waals surface area (Å²) in [5.41, 5.74) is 1.18. The van der Waals surface area contributed by atoms with Crippen molar-refractivity contribution in [3.63, 3.8) is 0 Å². The minimum Gasteiger partial charge on any atom is -0.496 e. The molecule has 0 spiro atoms. The van der Waals surface area contributed by atoms with Crippen LogP contribution >= 0.6 is 11.8 Å². The van der Waals surface area contributed by atoms with Crippen LogP contribution in [0.3, 0.4) is 0 Å². The molecule has 1 aromatic carbocycles. The lowest BCUT2D eigenvalue weighted by Crippen LogP contribution is -2.08. The predicted octanol–water partition coefficient (Wildman–Crippen LogP) is 3.64. The summed E-state index contributed by atoms with van der Waals surface area (Å²) in [5.74, 6) is 1.18. The Morgan fingerprint density at radius 2 is 2.06 bits per heavy atom. The molecule has 0 aliphatic rings. The third-order valence-electron chi connectivity index (χ3n) is 2.31. The molecule has 0 saturated heterocycles. The first kappa shape index (κ1) is 12.9. The van der Waals surface area contributed by atoms with Crippen LogP contribution in [-0.2, 0) is 0 Å². The molecule has 16 heavy (non-hydrogen) atoms. The third kappa shape index (κ3) is 3.18. The maximum atomic E-state index is 9.08. The zero-order valence-electron chi connectivity index (χ0n) is 10.2. The van der Waals surface area contributed by atoms with E-state index < -0.39 is 0 Å². The average molecular weight is 235 g/mol. The molecule has 1 rings (SSSR count). The Balaban J connectivity index is 2.95. The number of hydrogen-bond acceptors (Lipinski definition) is 3. The van der Waals surface area contributed by atoms with Crippen molar-refractivity contribution in [2.45, 2.75) is 30.9 Å². The van der Waals surface area contributed by atoms with Crippen molar-refractivity contribution in [3.05, 3.63) is 23.8 Å². The normalized spacial score (nSPS) is 12.2. The molecule has 0 aliphatic carbocycles. The van der Waals surface area contributed by atoms with E-state index in [0.29, 0.717) is 5.92 Å². The summed E-state index contributed by atoms with van der Waals surface area (Å²) in [7, 11) is 1.66. The fourth-order valence-electron chi connectivity index (χ4n) is 1.32. The predicted molar refractivity (Wildman–Crippen MR) is 67.8 cm³/mol. The standard InChI is InChI=1S/C13H17NOS/c1-9(2)13(8-14)16-12-7-10(3)5-6-11(12)15-4/h5-7,9,13H,1-4H3. The van der Waals surface area contributed by atoms with Crippen LogP contribution in [0.4, 0.5) is 0 Å². The van der Waals surface area contributed by atoms with Gasteiger partial charge in [-0.15, -0.1) is 11.8 Å². The van der Waals surface area contributed by atoms with E-state index in [4.69, 9.17) is 10.00 Å². The van der Waals surface area contributed by atoms with Crippen molar-refractivity contribution < 1.29 is 4.74 Å². The minimum absolute atomic E-state index is 0.0318. The Bertz CT molecular complexity index is 395. The Kier molecular flexibility index (Phi) is 4.70. The lowest BCUT2D eigenvalue weighted by atomic mass is 10.1. The van der Waals surface area contributed by atoms with Crippen molar-refractivity contribution in [1.29, 1.82) is 5.26 Å². The van der Waals surface area contributed by atoms with Gasteiger partial charge < -0.3 is 4.74 Å². The molecule has 0 fully saturated rings. The fourth-order valence-corrected chi connectivity index (χ4v) is 2.44. The number of thioether (sulfide) groups is 1. The third-order valence-corrected chi connectivity index (χ3v) is 3.78. The quantitative estimate of drug-likeness (QED) is 0.747. The van der Waals surface area contributed by atoms with Gasteiger partial charge in [0.25, 0.3) is 0 Å². The van der Waals surface area contributed by atoms with Crippen LogP contribution in [0.5, 0.6) is 5.75 Å². The summed E-state index contributed by atoms with van der Waals surface area (Å²) >= 11 is 1.58. The first-order chi connectivity index (χ1) is 7.58. The van der Waals surface area contributed by atoms with Gasteiger partial charge in [0.05, 0.1) is 23.3 Å². The molecule has 0 amide bonds. The van der Waals surface area contributed by atoms with Gasteiger partial charge in [0, 0.05) is 0 Å². The lowest BCUT2D eigenvalue weighted by molar-refractivity contribution is 0.404. The van der Waals surface area contributed by atoms with E-state index >= 15 is 0 Å². The van der Waals surface area contributed by atoms with Gasteiger partial charge in [0.2, 0.25) is 0 Å². The lowest BCUT2D eigenvalue weighted by Gasteiger charge is -2.15. The smallest absolute Gasteiger partial charge is 0.132 e. The monoisotopic (exact) mass is 235 g/mol. The largest absolute Gasteiger partial charge is 0.496 e. The molecule has 0 aromatic heterocycles. The van der Waals surface area contributed by atoms with Crippen molar-refractivity contribution in [2.24, 2.45) is 5.92 Å². The summed E-state index contributed by atoms with van der Waals surface area (Å²) in [6.45, 7) is 6.16. The van der Waals surface area contributed by atoms with Crippen LogP contribution in [0.15, 0.2) is 23.1 Å². The highest BCUT2D eigenvalue weighted by atomic mass is 32.2. The van der Waals surface area contributed by atoms with Gasteiger partial charge in [-0.2, -0.15) is 5.26 Å². The van der Waals surface area contributed by atoms with Crippen molar-refractivity contribution >= 4 is 11.8 Å². The maximum Gasteiger partial charge on any atom is 0.132 e. The van der Waals surface area contributed by atoms with Crippen LogP contribution in [0.25, 0.3) is 0 Å². The van der Waals surface area contributed by atoms with Crippen LogP contribution in [0.1, 0.15) is 19.4 Å². The number of rotatable bonds is 4. The highest BCUT2D eigenvalue weighted by Gasteiger charge is 2.16. The van der Waals surface area contributed by atoms with Gasteiger partial charge in [0.15, 0.2) is 0 Å². The van der Waals surface area contributed by atoms with Gasteiger partial charge in [0.1, 0.15) is 5.75 Å². The SMILES string of the molecule is COc1ccc(C)cc1SC(C#N)C(C)C. The van der Waals surface area contributed by atoms with Crippen LogP contribution in [-0.4, -0.2) is 12.4 Å². The molecule has 3 heteroatoms. The molecule has 86 valence electrons. The zero-order valence-corrected chi connectivity index (χ0v) is 11.0. The second kappa shape index (κ2) is 5.81. The molecule has 0 N–H and O–H groups in total. The minimum atomic E-state index is -0.0318. The van der Waals surface area contributed by atoms with Crippen molar-refractivity contribution in [1.82, 2.24) is 0 Å². The summed E-state index contributed by atoms with van der Waals surface area (Å²) < 4.78 is 5.30. The number of nitrogens with zero attached hydrogens (tertiary/aromatic N) is 1. The van der Waals surface area contributed by atoms with Gasteiger partial charge >= 0.3 is 0 Å². The molecular weight excluding hydrogens is 218 g/mol. The number of benzene rings is 1. The molecule has 2 nitrogen and oxygen atoms in total. The number of aryl methyl sites for hydroxylation is 1. The van der Waals surface area contributed by atoms with E-state index in [9.17, 15) is 0 Å². The van der Waals surface area contributed by atoms with Crippen LogP contribution in [0, 0.1) is 24.2 Å². The first-order valence-electron chi connectivity index (χ1n) is 5.29. The molecule has 0 heterocycles.